The first-order valence-corrected chi connectivity index (χ1v) is 2.85. The lowest BCUT2D eigenvalue weighted by Crippen LogP contribution is -1.83. The summed E-state index contributed by atoms with van der Waals surface area (Å²) in [6.07, 6.45) is 2.26. The predicted octanol–water partition coefficient (Wildman–Crippen LogP) is 1.98. The van der Waals surface area contributed by atoms with Gasteiger partial charge in [0.05, 0.1) is 6.61 Å². The van der Waals surface area contributed by atoms with Crippen LogP contribution in [0.3, 0.4) is 0 Å². The third-order valence-electron chi connectivity index (χ3n) is 0.691. The zero-order valence-corrected chi connectivity index (χ0v) is 5.11. The van der Waals surface area contributed by atoms with Crippen molar-refractivity contribution in [3.05, 3.63) is 6.61 Å². The largest absolute Gasteiger partial charge is 0.376 e. The molecular formula is C6H13O. The Hall–Kier alpha value is -0.0400. The topological polar surface area (TPSA) is 9.23 Å². The standard InChI is InChI=1S/C6H13O/c1-3-5-6-7-4-2/h6H,3-5H2,1-2H3. The van der Waals surface area contributed by atoms with Gasteiger partial charge in [-0.15, -0.1) is 0 Å². The van der Waals surface area contributed by atoms with Gasteiger partial charge in [0.1, 0.15) is 0 Å². The Morgan fingerprint density at radius 2 is 2.14 bits per heavy atom. The third-order valence-corrected chi connectivity index (χ3v) is 0.691. The van der Waals surface area contributed by atoms with E-state index in [4.69, 9.17) is 4.74 Å². The quantitative estimate of drug-likeness (QED) is 0.492. The predicted molar refractivity (Wildman–Crippen MR) is 30.8 cm³/mol. The fourth-order valence-corrected chi connectivity index (χ4v) is 0.319. The Bertz CT molecular complexity index is 23.4. The van der Waals surface area contributed by atoms with Crippen LogP contribution < -0.4 is 0 Å². The van der Waals surface area contributed by atoms with Crippen LogP contribution in [0.5, 0.6) is 0 Å². The molecule has 0 atom stereocenters. The molecule has 0 amide bonds. The summed E-state index contributed by atoms with van der Waals surface area (Å²) in [5.41, 5.74) is 0. The fourth-order valence-electron chi connectivity index (χ4n) is 0.319. The zero-order valence-electron chi connectivity index (χ0n) is 5.11. The van der Waals surface area contributed by atoms with Crippen LogP contribution in [0.2, 0.25) is 0 Å². The SMILES string of the molecule is CCC[CH]OCC. The summed E-state index contributed by atoms with van der Waals surface area (Å²) in [6, 6.07) is 0. The summed E-state index contributed by atoms with van der Waals surface area (Å²) in [5.74, 6) is 0. The van der Waals surface area contributed by atoms with Gasteiger partial charge in [0.15, 0.2) is 0 Å². The Balaban J connectivity index is 2.45. The first-order valence-electron chi connectivity index (χ1n) is 2.85. The van der Waals surface area contributed by atoms with Crippen LogP contribution in [-0.4, -0.2) is 6.61 Å². The van der Waals surface area contributed by atoms with Crippen molar-refractivity contribution in [2.45, 2.75) is 26.7 Å². The maximum atomic E-state index is 4.95. The van der Waals surface area contributed by atoms with Crippen LogP contribution in [0, 0.1) is 6.61 Å². The molecule has 0 saturated heterocycles. The first kappa shape index (κ1) is 6.96. The molecule has 0 aliphatic carbocycles. The Labute approximate surface area is 45.7 Å². The van der Waals surface area contributed by atoms with Crippen LogP contribution >= 0.6 is 0 Å². The summed E-state index contributed by atoms with van der Waals surface area (Å²) in [7, 11) is 0. The van der Waals surface area contributed by atoms with Crippen molar-refractivity contribution >= 4 is 0 Å². The average molecular weight is 101 g/mol. The van der Waals surface area contributed by atoms with E-state index in [1.54, 1.807) is 0 Å². The normalized spacial score (nSPS) is 9.43. The number of hydrogen-bond acceptors (Lipinski definition) is 1. The molecule has 0 rings (SSSR count). The summed E-state index contributed by atoms with van der Waals surface area (Å²) in [5, 5.41) is 0. The number of unbranched alkanes of at least 4 members (excludes halogenated alkanes) is 1. The average Bonchev–Trinajstić information content (AvgIpc) is 1.69. The second kappa shape index (κ2) is 5.96. The molecular weight excluding hydrogens is 88.1 g/mol. The van der Waals surface area contributed by atoms with Gasteiger partial charge < -0.3 is 4.74 Å². The van der Waals surface area contributed by atoms with Gasteiger partial charge in [0, 0.05) is 6.61 Å². The molecule has 0 bridgehead atoms. The maximum Gasteiger partial charge on any atom is 0.0836 e. The molecule has 1 heteroatoms. The van der Waals surface area contributed by atoms with E-state index in [2.05, 4.69) is 6.92 Å². The highest BCUT2D eigenvalue weighted by atomic mass is 16.5. The Morgan fingerprint density at radius 1 is 1.43 bits per heavy atom. The smallest absolute Gasteiger partial charge is 0.0836 e. The van der Waals surface area contributed by atoms with Crippen LogP contribution in [0.15, 0.2) is 0 Å². The molecule has 0 aliphatic heterocycles. The Kier molecular flexibility index (Phi) is 5.93. The third kappa shape index (κ3) is 5.96. The van der Waals surface area contributed by atoms with E-state index in [9.17, 15) is 0 Å². The van der Waals surface area contributed by atoms with Crippen molar-refractivity contribution in [3.63, 3.8) is 0 Å². The van der Waals surface area contributed by atoms with E-state index in [-0.39, 0.29) is 0 Å². The van der Waals surface area contributed by atoms with Crippen molar-refractivity contribution in [1.29, 1.82) is 0 Å². The molecule has 0 fully saturated rings. The highest BCUT2D eigenvalue weighted by Gasteiger charge is 1.79. The van der Waals surface area contributed by atoms with Crippen molar-refractivity contribution in [2.75, 3.05) is 6.61 Å². The maximum absolute atomic E-state index is 4.95. The van der Waals surface area contributed by atoms with Crippen LogP contribution in [-0.2, 0) is 4.74 Å². The molecule has 0 spiro atoms. The minimum Gasteiger partial charge on any atom is -0.376 e. The molecule has 0 N–H and O–H groups in total. The lowest BCUT2D eigenvalue weighted by Gasteiger charge is -1.93. The van der Waals surface area contributed by atoms with Gasteiger partial charge in [-0.2, -0.15) is 0 Å². The monoisotopic (exact) mass is 101 g/mol. The molecule has 0 aromatic heterocycles. The lowest BCUT2D eigenvalue weighted by molar-refractivity contribution is 0.207. The molecule has 0 unspecified atom stereocenters. The molecule has 0 aromatic rings. The molecule has 43 valence electrons. The highest BCUT2D eigenvalue weighted by Crippen LogP contribution is 1.91. The van der Waals surface area contributed by atoms with E-state index in [0.29, 0.717) is 0 Å². The van der Waals surface area contributed by atoms with Gasteiger partial charge in [-0.05, 0) is 13.3 Å². The van der Waals surface area contributed by atoms with Gasteiger partial charge in [-0.3, -0.25) is 0 Å². The van der Waals surface area contributed by atoms with Gasteiger partial charge >= 0.3 is 0 Å². The first-order chi connectivity index (χ1) is 3.41. The minimum atomic E-state index is 0.806. The minimum absolute atomic E-state index is 0.806. The van der Waals surface area contributed by atoms with Crippen LogP contribution in [0.1, 0.15) is 26.7 Å². The molecule has 7 heavy (non-hydrogen) atoms. The summed E-state index contributed by atoms with van der Waals surface area (Å²) in [4.78, 5) is 0. The van der Waals surface area contributed by atoms with Gasteiger partial charge in [0.25, 0.3) is 0 Å². The summed E-state index contributed by atoms with van der Waals surface area (Å²) in [6.45, 7) is 6.79. The summed E-state index contributed by atoms with van der Waals surface area (Å²) < 4.78 is 4.95. The van der Waals surface area contributed by atoms with Gasteiger partial charge in [0.2, 0.25) is 0 Å². The van der Waals surface area contributed by atoms with Gasteiger partial charge in [-0.1, -0.05) is 13.3 Å². The summed E-state index contributed by atoms with van der Waals surface area (Å²) >= 11 is 0. The molecule has 0 saturated carbocycles. The van der Waals surface area contributed by atoms with Crippen molar-refractivity contribution in [2.24, 2.45) is 0 Å². The van der Waals surface area contributed by atoms with E-state index in [1.807, 2.05) is 13.5 Å². The second-order valence-corrected chi connectivity index (χ2v) is 1.41. The molecule has 0 heterocycles. The highest BCUT2D eigenvalue weighted by molar-refractivity contribution is 4.45. The Morgan fingerprint density at radius 3 is 2.57 bits per heavy atom. The van der Waals surface area contributed by atoms with Crippen LogP contribution in [0.25, 0.3) is 0 Å². The molecule has 1 radical (unpaired) electrons. The molecule has 1 nitrogen and oxygen atoms in total. The zero-order chi connectivity index (χ0) is 5.54. The molecule has 0 aliphatic rings. The molecule has 0 aromatic carbocycles. The van der Waals surface area contributed by atoms with Crippen molar-refractivity contribution in [3.8, 4) is 0 Å². The fraction of sp³-hybridized carbons (Fsp3) is 0.833. The van der Waals surface area contributed by atoms with E-state index in [0.717, 1.165) is 13.0 Å². The van der Waals surface area contributed by atoms with E-state index >= 15 is 0 Å². The van der Waals surface area contributed by atoms with Crippen LogP contribution in [0.4, 0.5) is 0 Å². The number of hydrogen-bond donors (Lipinski definition) is 0. The van der Waals surface area contributed by atoms with E-state index < -0.39 is 0 Å². The number of ether oxygens (including phenoxy) is 1. The second-order valence-electron chi connectivity index (χ2n) is 1.41. The number of rotatable bonds is 4. The van der Waals surface area contributed by atoms with Crippen molar-refractivity contribution < 1.29 is 4.74 Å². The lowest BCUT2D eigenvalue weighted by atomic mass is 10.4. The van der Waals surface area contributed by atoms with Gasteiger partial charge in [-0.25, -0.2) is 0 Å². The van der Waals surface area contributed by atoms with E-state index in [1.165, 1.54) is 6.42 Å². The van der Waals surface area contributed by atoms with Crippen molar-refractivity contribution in [1.82, 2.24) is 0 Å².